The first-order chi connectivity index (χ1) is 36.8. The number of nitrogens with zero attached hydrogens (tertiary/aromatic N) is 4. The number of aromatic nitrogens is 4. The van der Waals surface area contributed by atoms with Gasteiger partial charge in [-0.05, 0) is 73.4 Å². The lowest BCUT2D eigenvalue weighted by atomic mass is 9.73. The first-order valence-electron chi connectivity index (χ1n) is 24.9. The number of aliphatic carboxylic acids is 1. The van der Waals surface area contributed by atoms with Gasteiger partial charge in [0.2, 0.25) is 17.8 Å². The molecule has 0 aliphatic carbocycles. The second-order valence-electron chi connectivity index (χ2n) is 18.8. The van der Waals surface area contributed by atoms with Gasteiger partial charge in [-0.2, -0.15) is 8.78 Å². The molecular formula is C58H58F3N8O7-. The summed E-state index contributed by atoms with van der Waals surface area (Å²) in [4.78, 5) is 69.2. The van der Waals surface area contributed by atoms with Gasteiger partial charge in [-0.3, -0.25) is 29.1 Å². The molecule has 2 aliphatic heterocycles. The molecular weight excluding hydrogens is 978 g/mol. The summed E-state index contributed by atoms with van der Waals surface area (Å²) in [6.45, 7) is -0.258. The molecule has 8 aromatic rings. The van der Waals surface area contributed by atoms with E-state index < -0.39 is 40.3 Å². The molecule has 0 unspecified atom stereocenters. The highest BCUT2D eigenvalue weighted by Gasteiger charge is 2.43. The van der Waals surface area contributed by atoms with Gasteiger partial charge in [0.05, 0.1) is 39.7 Å². The molecule has 10 rings (SSSR count). The van der Waals surface area contributed by atoms with Crippen molar-refractivity contribution in [1.29, 1.82) is 0 Å². The number of nitrogens with one attached hydrogen (secondary N) is 4. The number of benzene rings is 6. The van der Waals surface area contributed by atoms with Gasteiger partial charge < -0.3 is 35.4 Å². The van der Waals surface area contributed by atoms with Gasteiger partial charge in [0.15, 0.2) is 11.6 Å². The standard InChI is InChI=1S/C29H29FN4O3.C22H21F2N3O4.C7H8N/c1-37-25-17-24-22(16-23(25)30)26(35)33-28(32-24)34-14-12-29(13-15-34,18-20-8-4-2-5-9-20)27(36)31-19-21-10-6-3-7-11-21;23-20(24)31-15-6-7-16-17(12-15)25-21(26-18(16)28)27-10-8-22(9-11-27,19(29)30)13-14-4-2-1-3-5-14;8-6-7-4-2-1-3-5-7/h2-11,16-17H,12-15,18-19H2,1H3,(H,31,36)(H,32,33,35);1-7,12,20H,8-11,13H2,(H,29,30)(H,25,26,28);1-5,8H,6H2/q;;-1. The molecule has 0 atom stereocenters. The fourth-order valence-corrected chi connectivity index (χ4v) is 9.65. The quantitative estimate of drug-likeness (QED) is 0.0806. The predicted molar refractivity (Wildman–Crippen MR) is 286 cm³/mol. The minimum absolute atomic E-state index is 0.0278. The van der Waals surface area contributed by atoms with Crippen LogP contribution in [0.2, 0.25) is 0 Å². The molecule has 394 valence electrons. The Morgan fingerprint density at radius 2 is 1.12 bits per heavy atom. The van der Waals surface area contributed by atoms with E-state index in [4.69, 9.17) is 10.5 Å². The number of carbonyl (C=O) groups excluding carboxylic acids is 1. The van der Waals surface area contributed by atoms with E-state index in [0.717, 1.165) is 28.3 Å². The van der Waals surface area contributed by atoms with E-state index in [1.165, 1.54) is 31.4 Å². The second-order valence-corrected chi connectivity index (χ2v) is 18.8. The van der Waals surface area contributed by atoms with E-state index >= 15 is 0 Å². The van der Waals surface area contributed by atoms with Crippen LogP contribution in [0.3, 0.4) is 0 Å². The lowest BCUT2D eigenvalue weighted by Crippen LogP contribution is -2.50. The molecule has 0 bridgehead atoms. The minimum atomic E-state index is -2.98. The fourth-order valence-electron chi connectivity index (χ4n) is 9.65. The normalized spacial score (nSPS) is 14.7. The summed E-state index contributed by atoms with van der Waals surface area (Å²) in [6.07, 6.45) is 3.00. The summed E-state index contributed by atoms with van der Waals surface area (Å²) < 4.78 is 48.6. The predicted octanol–water partition coefficient (Wildman–Crippen LogP) is 9.89. The van der Waals surface area contributed by atoms with Gasteiger partial charge in [0, 0.05) is 44.9 Å². The second kappa shape index (κ2) is 24.7. The minimum Gasteiger partial charge on any atom is -0.674 e. The number of halogens is 3. The smallest absolute Gasteiger partial charge is 0.387 e. The maximum absolute atomic E-state index is 14.1. The number of hydrogen-bond acceptors (Lipinski definition) is 10. The Bertz CT molecular complexity index is 3340. The third-order valence-corrected chi connectivity index (χ3v) is 13.9. The molecule has 15 nitrogen and oxygen atoms in total. The number of hydrogen-bond donors (Lipinski definition) is 4. The molecule has 2 aliphatic rings. The topological polar surface area (TPSA) is 207 Å². The number of aromatic amines is 2. The maximum Gasteiger partial charge on any atom is 0.387 e. The molecule has 4 heterocycles. The summed E-state index contributed by atoms with van der Waals surface area (Å²) in [5.41, 5.74) is 9.43. The highest BCUT2D eigenvalue weighted by Crippen LogP contribution is 2.38. The Morgan fingerprint density at radius 1 is 0.658 bits per heavy atom. The molecule has 2 fully saturated rings. The monoisotopic (exact) mass is 1040 g/mol. The zero-order valence-corrected chi connectivity index (χ0v) is 41.8. The molecule has 0 saturated carbocycles. The van der Waals surface area contributed by atoms with Crippen molar-refractivity contribution >= 4 is 45.6 Å². The van der Waals surface area contributed by atoms with Crippen LogP contribution in [0, 0.1) is 16.6 Å². The van der Waals surface area contributed by atoms with Crippen molar-refractivity contribution in [3.63, 3.8) is 0 Å². The number of rotatable bonds is 14. The number of alkyl halides is 2. The van der Waals surface area contributed by atoms with Crippen molar-refractivity contribution in [2.75, 3.05) is 43.1 Å². The van der Waals surface area contributed by atoms with Crippen LogP contribution in [-0.2, 0) is 35.5 Å². The largest absolute Gasteiger partial charge is 0.674 e. The number of anilines is 2. The van der Waals surface area contributed by atoms with Gasteiger partial charge in [0.25, 0.3) is 11.1 Å². The summed E-state index contributed by atoms with van der Waals surface area (Å²) in [6, 6.07) is 45.7. The lowest BCUT2D eigenvalue weighted by molar-refractivity contribution is -0.150. The molecule has 6 aromatic carbocycles. The van der Waals surface area contributed by atoms with Crippen LogP contribution in [0.5, 0.6) is 11.5 Å². The number of methoxy groups -OCH3 is 1. The van der Waals surface area contributed by atoms with Crippen LogP contribution in [0.15, 0.2) is 161 Å². The Balaban J connectivity index is 0.000000177. The van der Waals surface area contributed by atoms with Gasteiger partial charge in [-0.1, -0.05) is 127 Å². The van der Waals surface area contributed by atoms with Crippen molar-refractivity contribution in [2.24, 2.45) is 10.8 Å². The maximum atomic E-state index is 14.1. The summed E-state index contributed by atoms with van der Waals surface area (Å²) in [7, 11) is 1.37. The van der Waals surface area contributed by atoms with Gasteiger partial charge >= 0.3 is 12.6 Å². The van der Waals surface area contributed by atoms with Crippen LogP contribution < -0.4 is 35.7 Å². The van der Waals surface area contributed by atoms with Crippen LogP contribution >= 0.6 is 0 Å². The molecule has 1 amide bonds. The molecule has 76 heavy (non-hydrogen) atoms. The van der Waals surface area contributed by atoms with E-state index in [9.17, 15) is 37.5 Å². The highest BCUT2D eigenvalue weighted by atomic mass is 19.3. The Hall–Kier alpha value is -8.51. The van der Waals surface area contributed by atoms with Gasteiger partial charge in [0.1, 0.15) is 5.75 Å². The first-order valence-corrected chi connectivity index (χ1v) is 24.9. The molecule has 5 N–H and O–H groups in total. The fraction of sp³-hybridized carbons (Fsp3) is 0.276. The summed E-state index contributed by atoms with van der Waals surface area (Å²) >= 11 is 0. The molecule has 2 saturated heterocycles. The van der Waals surface area contributed by atoms with Crippen LogP contribution in [-0.4, -0.2) is 76.8 Å². The number of fused-ring (bicyclic) bond motifs is 2. The number of ether oxygens (including phenoxy) is 2. The molecule has 18 heteroatoms. The SMILES string of the molecule is COc1cc2nc(N3CCC(Cc4ccccc4)(C(=O)NCc4ccccc4)CC3)[nH]c(=O)c2cc1F.O=C(O)C1(Cc2ccccc2)CCN(c2nc3cc(OC(F)F)ccc3c(=O)[nH]2)CC1.[NH-]Cc1ccccc1. The van der Waals surface area contributed by atoms with Crippen LogP contribution in [0.4, 0.5) is 25.1 Å². The zero-order valence-electron chi connectivity index (χ0n) is 41.8. The van der Waals surface area contributed by atoms with E-state index in [-0.39, 0.29) is 39.6 Å². The average Bonchev–Trinajstić information content (AvgIpc) is 3.44. The third kappa shape index (κ3) is 13.2. The number of piperidine rings is 2. The highest BCUT2D eigenvalue weighted by molar-refractivity contribution is 5.84. The van der Waals surface area contributed by atoms with Gasteiger partial charge in [-0.15, -0.1) is 6.54 Å². The van der Waals surface area contributed by atoms with Gasteiger partial charge in [-0.25, -0.2) is 14.4 Å². The summed E-state index contributed by atoms with van der Waals surface area (Å²) in [5, 5.41) is 13.5. The van der Waals surface area contributed by atoms with Crippen molar-refractivity contribution in [3.05, 3.63) is 206 Å². The van der Waals surface area contributed by atoms with E-state index in [1.807, 2.05) is 131 Å². The Labute approximate surface area is 436 Å². The van der Waals surface area contributed by atoms with Crippen LogP contribution in [0.1, 0.15) is 47.9 Å². The zero-order chi connectivity index (χ0) is 53.7. The number of carbonyl (C=O) groups is 2. The number of carboxylic acids is 1. The average molecular weight is 1040 g/mol. The molecule has 0 radical (unpaired) electrons. The van der Waals surface area contributed by atoms with E-state index in [2.05, 4.69) is 30.0 Å². The van der Waals surface area contributed by atoms with Crippen molar-refractivity contribution in [2.45, 2.75) is 58.2 Å². The lowest BCUT2D eigenvalue weighted by Gasteiger charge is -2.41. The third-order valence-electron chi connectivity index (χ3n) is 13.9. The van der Waals surface area contributed by atoms with E-state index in [0.29, 0.717) is 89.3 Å². The number of carboxylic acid groups (broad SMARTS) is 1. The van der Waals surface area contributed by atoms with Crippen molar-refractivity contribution in [3.8, 4) is 11.5 Å². The molecule has 0 spiro atoms. The summed E-state index contributed by atoms with van der Waals surface area (Å²) in [5.74, 6) is -0.787. The van der Waals surface area contributed by atoms with Crippen molar-refractivity contribution in [1.82, 2.24) is 25.3 Å². The number of H-pyrrole nitrogens is 2. The first kappa shape index (κ1) is 53.8. The van der Waals surface area contributed by atoms with Crippen molar-refractivity contribution < 1.29 is 37.3 Å². The van der Waals surface area contributed by atoms with Crippen LogP contribution in [0.25, 0.3) is 27.5 Å². The molecule has 2 aromatic heterocycles. The Kier molecular flexibility index (Phi) is 17.5. The Morgan fingerprint density at radius 3 is 1.59 bits per heavy atom. The number of amides is 1. The van der Waals surface area contributed by atoms with E-state index in [1.54, 1.807) is 0 Å².